The maximum absolute atomic E-state index is 12.0. The van der Waals surface area contributed by atoms with Gasteiger partial charge in [-0.1, -0.05) is 12.1 Å². The lowest BCUT2D eigenvalue weighted by Crippen LogP contribution is -2.18. The first-order chi connectivity index (χ1) is 8.28. The zero-order valence-corrected chi connectivity index (χ0v) is 10.1. The Balaban J connectivity index is 2.72. The van der Waals surface area contributed by atoms with E-state index < -0.39 is 6.36 Å². The van der Waals surface area contributed by atoms with Gasteiger partial charge in [0.15, 0.2) is 5.78 Å². The summed E-state index contributed by atoms with van der Waals surface area (Å²) in [4.78, 5) is 13.5. The number of alkyl halides is 3. The molecule has 6 heteroatoms. The fraction of sp³-hybridized carbons (Fsp3) is 0.417. The summed E-state index contributed by atoms with van der Waals surface area (Å²) < 4.78 is 39.8. The molecule has 0 bridgehead atoms. The minimum absolute atomic E-state index is 0.212. The molecule has 0 N–H and O–H groups in total. The van der Waals surface area contributed by atoms with Crippen molar-refractivity contribution in [2.45, 2.75) is 12.8 Å². The number of rotatable bonds is 5. The molecule has 0 atom stereocenters. The predicted molar refractivity (Wildman–Crippen MR) is 60.6 cm³/mol. The lowest BCUT2D eigenvalue weighted by Gasteiger charge is -2.11. The Morgan fingerprint density at radius 1 is 1.33 bits per heavy atom. The number of benzene rings is 1. The number of hydrogen-bond donors (Lipinski definition) is 0. The van der Waals surface area contributed by atoms with E-state index in [1.807, 2.05) is 19.0 Å². The van der Waals surface area contributed by atoms with Gasteiger partial charge in [-0.2, -0.15) is 0 Å². The van der Waals surface area contributed by atoms with Gasteiger partial charge in [0.05, 0.1) is 0 Å². The van der Waals surface area contributed by atoms with Gasteiger partial charge in [0.1, 0.15) is 5.75 Å². The van der Waals surface area contributed by atoms with Gasteiger partial charge in [0.2, 0.25) is 0 Å². The van der Waals surface area contributed by atoms with E-state index in [0.717, 1.165) is 12.1 Å². The van der Waals surface area contributed by atoms with Crippen LogP contribution in [0.1, 0.15) is 16.8 Å². The zero-order valence-electron chi connectivity index (χ0n) is 10.1. The molecule has 0 aromatic heterocycles. The highest BCUT2D eigenvalue weighted by Crippen LogP contribution is 2.23. The van der Waals surface area contributed by atoms with E-state index >= 15 is 0 Å². The van der Waals surface area contributed by atoms with Gasteiger partial charge in [-0.25, -0.2) is 0 Å². The molecular formula is C12H14F3NO2. The summed E-state index contributed by atoms with van der Waals surface area (Å²) in [7, 11) is 3.63. The molecule has 1 rings (SSSR count). The standard InChI is InChI=1S/C12H14F3NO2/c1-16(2)7-6-11(17)9-4-3-5-10(8-9)18-12(13,14)15/h3-5,8H,6-7H2,1-2H3. The molecule has 0 aliphatic rings. The van der Waals surface area contributed by atoms with Crippen LogP contribution in [0, 0.1) is 0 Å². The van der Waals surface area contributed by atoms with Crippen LogP contribution in [0.4, 0.5) is 13.2 Å². The monoisotopic (exact) mass is 261 g/mol. The fourth-order valence-electron chi connectivity index (χ4n) is 1.34. The summed E-state index contributed by atoms with van der Waals surface area (Å²) in [5, 5.41) is 0. The summed E-state index contributed by atoms with van der Waals surface area (Å²) in [6.45, 7) is 0.545. The van der Waals surface area contributed by atoms with Crippen molar-refractivity contribution in [3.05, 3.63) is 29.8 Å². The molecule has 0 amide bonds. The van der Waals surface area contributed by atoms with Crippen molar-refractivity contribution in [1.29, 1.82) is 0 Å². The maximum Gasteiger partial charge on any atom is 0.573 e. The minimum Gasteiger partial charge on any atom is -0.406 e. The fourth-order valence-corrected chi connectivity index (χ4v) is 1.34. The Morgan fingerprint density at radius 2 is 2.00 bits per heavy atom. The molecule has 0 heterocycles. The Labute approximate surface area is 103 Å². The van der Waals surface area contributed by atoms with Crippen LogP contribution < -0.4 is 4.74 Å². The second-order valence-corrected chi connectivity index (χ2v) is 4.05. The van der Waals surface area contributed by atoms with Crippen molar-refractivity contribution in [3.8, 4) is 5.75 Å². The van der Waals surface area contributed by atoms with E-state index in [2.05, 4.69) is 4.74 Å². The van der Waals surface area contributed by atoms with Crippen LogP contribution in [0.15, 0.2) is 24.3 Å². The lowest BCUT2D eigenvalue weighted by atomic mass is 10.1. The zero-order chi connectivity index (χ0) is 13.8. The number of ketones is 1. The first-order valence-electron chi connectivity index (χ1n) is 5.31. The van der Waals surface area contributed by atoms with Crippen LogP contribution in [0.3, 0.4) is 0 Å². The van der Waals surface area contributed by atoms with Crippen LogP contribution in [-0.2, 0) is 0 Å². The largest absolute Gasteiger partial charge is 0.573 e. The van der Waals surface area contributed by atoms with Crippen LogP contribution in [0.2, 0.25) is 0 Å². The van der Waals surface area contributed by atoms with Crippen LogP contribution in [-0.4, -0.2) is 37.7 Å². The molecular weight excluding hydrogens is 247 g/mol. The molecule has 0 aliphatic heterocycles. The highest BCUT2D eigenvalue weighted by molar-refractivity contribution is 5.96. The van der Waals surface area contributed by atoms with Gasteiger partial charge in [0, 0.05) is 18.5 Å². The van der Waals surface area contributed by atoms with Crippen molar-refractivity contribution in [2.24, 2.45) is 0 Å². The summed E-state index contributed by atoms with van der Waals surface area (Å²) in [5.74, 6) is -0.588. The molecule has 0 aliphatic carbocycles. The van der Waals surface area contributed by atoms with E-state index in [1.165, 1.54) is 12.1 Å². The topological polar surface area (TPSA) is 29.5 Å². The van der Waals surface area contributed by atoms with Gasteiger partial charge in [-0.15, -0.1) is 13.2 Å². The van der Waals surface area contributed by atoms with E-state index in [1.54, 1.807) is 0 Å². The summed E-state index contributed by atoms with van der Waals surface area (Å²) in [6, 6.07) is 5.10. The minimum atomic E-state index is -4.74. The normalized spacial score (nSPS) is 11.7. The van der Waals surface area contributed by atoms with Crippen molar-refractivity contribution in [2.75, 3.05) is 20.6 Å². The van der Waals surface area contributed by atoms with Crippen molar-refractivity contribution in [3.63, 3.8) is 0 Å². The molecule has 0 unspecified atom stereocenters. The third-order valence-electron chi connectivity index (χ3n) is 2.18. The third kappa shape index (κ3) is 5.18. The van der Waals surface area contributed by atoms with Gasteiger partial charge >= 0.3 is 6.36 Å². The van der Waals surface area contributed by atoms with E-state index in [0.29, 0.717) is 6.54 Å². The van der Waals surface area contributed by atoms with E-state index in [9.17, 15) is 18.0 Å². The smallest absolute Gasteiger partial charge is 0.406 e. The lowest BCUT2D eigenvalue weighted by molar-refractivity contribution is -0.274. The second-order valence-electron chi connectivity index (χ2n) is 4.05. The Hall–Kier alpha value is -1.56. The summed E-state index contributed by atoms with van der Waals surface area (Å²) in [6.07, 6.45) is -4.49. The average molecular weight is 261 g/mol. The number of hydrogen-bond acceptors (Lipinski definition) is 3. The third-order valence-corrected chi connectivity index (χ3v) is 2.18. The molecule has 0 radical (unpaired) electrons. The SMILES string of the molecule is CN(C)CCC(=O)c1cccc(OC(F)(F)F)c1. The predicted octanol–water partition coefficient (Wildman–Crippen LogP) is 2.72. The summed E-state index contributed by atoms with van der Waals surface area (Å²) in [5.41, 5.74) is 0.221. The number of carbonyl (C=O) groups is 1. The molecule has 0 fully saturated rings. The second kappa shape index (κ2) is 5.86. The van der Waals surface area contributed by atoms with Crippen molar-refractivity contribution >= 4 is 5.78 Å². The Morgan fingerprint density at radius 3 is 2.56 bits per heavy atom. The molecule has 0 saturated carbocycles. The summed E-state index contributed by atoms with van der Waals surface area (Å²) >= 11 is 0. The molecule has 0 saturated heterocycles. The number of halogens is 3. The number of carbonyl (C=O) groups excluding carboxylic acids is 1. The molecule has 1 aromatic rings. The quantitative estimate of drug-likeness (QED) is 0.763. The van der Waals surface area contributed by atoms with Crippen molar-refractivity contribution < 1.29 is 22.7 Å². The molecule has 3 nitrogen and oxygen atoms in total. The van der Waals surface area contributed by atoms with Crippen molar-refractivity contribution in [1.82, 2.24) is 4.90 Å². The van der Waals surface area contributed by atoms with Gasteiger partial charge in [-0.05, 0) is 26.2 Å². The Bertz CT molecular complexity index is 416. The van der Waals surface area contributed by atoms with Crippen LogP contribution in [0.25, 0.3) is 0 Å². The van der Waals surface area contributed by atoms with E-state index in [4.69, 9.17) is 0 Å². The van der Waals surface area contributed by atoms with Gasteiger partial charge in [0.25, 0.3) is 0 Å². The molecule has 1 aromatic carbocycles. The maximum atomic E-state index is 12.0. The molecule has 18 heavy (non-hydrogen) atoms. The molecule has 0 spiro atoms. The van der Waals surface area contributed by atoms with Gasteiger partial charge < -0.3 is 9.64 Å². The Kier molecular flexibility index (Phi) is 4.72. The molecule has 100 valence electrons. The average Bonchev–Trinajstić information content (AvgIpc) is 2.23. The first kappa shape index (κ1) is 14.5. The number of ether oxygens (including phenoxy) is 1. The number of nitrogens with zero attached hydrogens (tertiary/aromatic N) is 1. The first-order valence-corrected chi connectivity index (χ1v) is 5.31. The highest BCUT2D eigenvalue weighted by atomic mass is 19.4. The van der Waals surface area contributed by atoms with Crippen LogP contribution in [0.5, 0.6) is 5.75 Å². The van der Waals surface area contributed by atoms with Crippen LogP contribution >= 0.6 is 0 Å². The highest BCUT2D eigenvalue weighted by Gasteiger charge is 2.31. The van der Waals surface area contributed by atoms with E-state index in [-0.39, 0.29) is 23.5 Å². The van der Waals surface area contributed by atoms with Gasteiger partial charge in [-0.3, -0.25) is 4.79 Å². The number of Topliss-reactive ketones (excluding diaryl/α,β-unsaturated/α-hetero) is 1.